The van der Waals surface area contributed by atoms with Crippen molar-refractivity contribution < 1.29 is 18.0 Å². The zero-order valence-electron chi connectivity index (χ0n) is 11.7. The summed E-state index contributed by atoms with van der Waals surface area (Å²) in [4.78, 5) is 0. The van der Waals surface area contributed by atoms with Crippen LogP contribution in [0.4, 0.5) is 0 Å². The van der Waals surface area contributed by atoms with Crippen LogP contribution in [-0.4, -0.2) is 61.8 Å². The van der Waals surface area contributed by atoms with Crippen LogP contribution in [0.3, 0.4) is 0 Å². The monoisotopic (exact) mass is 288 g/mol. The van der Waals surface area contributed by atoms with E-state index in [1.165, 1.54) is 25.7 Å². The molecule has 1 N–H and O–H groups in total. The molecule has 2 spiro atoms. The Balaban J connectivity index is 1.60. The summed E-state index contributed by atoms with van der Waals surface area (Å²) in [6, 6.07) is 0. The Kier molecular flexibility index (Phi) is 3.43. The van der Waals surface area contributed by atoms with E-state index in [4.69, 9.17) is 0 Å². The third-order valence-electron chi connectivity index (χ3n) is 6.00. The highest BCUT2D eigenvalue weighted by molar-refractivity contribution is 7.91. The molecule has 0 aromatic heterocycles. The van der Waals surface area contributed by atoms with E-state index in [9.17, 15) is 13.5 Å². The lowest BCUT2D eigenvalue weighted by molar-refractivity contribution is -0.931. The second-order valence-corrected chi connectivity index (χ2v) is 9.42. The molecule has 0 aromatic rings. The van der Waals surface area contributed by atoms with Gasteiger partial charge in [-0.1, -0.05) is 0 Å². The Labute approximate surface area is 116 Å². The average molecular weight is 288 g/mol. The van der Waals surface area contributed by atoms with Gasteiger partial charge in [-0.3, -0.25) is 0 Å². The molecule has 2 aliphatic heterocycles. The maximum Gasteiger partial charge on any atom is 0.161 e. The van der Waals surface area contributed by atoms with Crippen molar-refractivity contribution in [1.29, 1.82) is 0 Å². The largest absolute Gasteiger partial charge is 0.393 e. The van der Waals surface area contributed by atoms with Crippen LogP contribution in [0, 0.1) is 5.41 Å². The van der Waals surface area contributed by atoms with Gasteiger partial charge in [-0.05, 0) is 31.1 Å². The molecule has 0 bridgehead atoms. The number of piperidine rings is 1. The van der Waals surface area contributed by atoms with Crippen LogP contribution in [0.2, 0.25) is 0 Å². The number of rotatable bonds is 0. The smallest absolute Gasteiger partial charge is 0.161 e. The van der Waals surface area contributed by atoms with Gasteiger partial charge in [-0.25, -0.2) is 8.42 Å². The first-order valence-electron chi connectivity index (χ1n) is 7.66. The van der Waals surface area contributed by atoms with Crippen molar-refractivity contribution in [3.05, 3.63) is 0 Å². The Morgan fingerprint density at radius 2 is 1.42 bits per heavy atom. The molecule has 3 aliphatic rings. The Morgan fingerprint density at radius 1 is 0.895 bits per heavy atom. The first-order chi connectivity index (χ1) is 8.93. The summed E-state index contributed by atoms with van der Waals surface area (Å²) >= 11 is 0. The van der Waals surface area contributed by atoms with Gasteiger partial charge in [0, 0.05) is 12.8 Å². The van der Waals surface area contributed by atoms with Crippen LogP contribution >= 0.6 is 0 Å². The average Bonchev–Trinajstić information content (AvgIpc) is 2.41. The molecule has 1 saturated carbocycles. The highest BCUT2D eigenvalue weighted by Gasteiger charge is 2.46. The summed E-state index contributed by atoms with van der Waals surface area (Å²) in [5.74, 6) is 0.775. The number of hydrogen-bond acceptors (Lipinski definition) is 3. The van der Waals surface area contributed by atoms with E-state index < -0.39 is 9.84 Å². The minimum Gasteiger partial charge on any atom is -0.393 e. The minimum atomic E-state index is -2.75. The Morgan fingerprint density at radius 3 is 1.95 bits per heavy atom. The summed E-state index contributed by atoms with van der Waals surface area (Å²) < 4.78 is 24.2. The van der Waals surface area contributed by atoms with Gasteiger partial charge in [-0.15, -0.1) is 0 Å². The van der Waals surface area contributed by atoms with Crippen molar-refractivity contribution >= 4 is 9.84 Å². The fraction of sp³-hybridized carbons (Fsp3) is 1.00. The van der Waals surface area contributed by atoms with Crippen LogP contribution in [0.1, 0.15) is 38.5 Å². The third-order valence-corrected chi connectivity index (χ3v) is 7.61. The van der Waals surface area contributed by atoms with E-state index >= 15 is 0 Å². The van der Waals surface area contributed by atoms with E-state index in [1.807, 2.05) is 0 Å². The summed E-state index contributed by atoms with van der Waals surface area (Å²) in [5.41, 5.74) is 0.471. The zero-order valence-corrected chi connectivity index (χ0v) is 12.5. The van der Waals surface area contributed by atoms with E-state index in [-0.39, 0.29) is 6.10 Å². The lowest BCUT2D eigenvalue weighted by atomic mass is 9.67. The molecule has 3 rings (SSSR count). The van der Waals surface area contributed by atoms with Gasteiger partial charge in [0.1, 0.15) is 0 Å². The van der Waals surface area contributed by atoms with Crippen molar-refractivity contribution in [1.82, 2.24) is 0 Å². The predicted molar refractivity (Wildman–Crippen MR) is 74.5 cm³/mol. The quantitative estimate of drug-likeness (QED) is 0.675. The van der Waals surface area contributed by atoms with Crippen molar-refractivity contribution in [3.63, 3.8) is 0 Å². The molecule has 0 unspecified atom stereocenters. The van der Waals surface area contributed by atoms with Crippen molar-refractivity contribution in [2.45, 2.75) is 44.6 Å². The first-order valence-corrected chi connectivity index (χ1v) is 9.49. The lowest BCUT2D eigenvalue weighted by Crippen LogP contribution is -2.61. The fourth-order valence-corrected chi connectivity index (χ4v) is 5.76. The molecule has 5 heteroatoms. The van der Waals surface area contributed by atoms with E-state index in [1.54, 1.807) is 0 Å². The van der Waals surface area contributed by atoms with Crippen LogP contribution in [0.15, 0.2) is 0 Å². The maximum atomic E-state index is 11.6. The molecule has 0 amide bonds. The van der Waals surface area contributed by atoms with Crippen molar-refractivity contribution in [2.75, 3.05) is 37.7 Å². The van der Waals surface area contributed by atoms with Gasteiger partial charge in [0.2, 0.25) is 0 Å². The lowest BCUT2D eigenvalue weighted by Gasteiger charge is -2.51. The third kappa shape index (κ3) is 2.83. The normalized spacial score (nSPS) is 33.5. The highest BCUT2D eigenvalue weighted by Crippen LogP contribution is 2.46. The van der Waals surface area contributed by atoms with Crippen molar-refractivity contribution in [2.24, 2.45) is 5.41 Å². The van der Waals surface area contributed by atoms with Gasteiger partial charge in [-0.2, -0.15) is 0 Å². The van der Waals surface area contributed by atoms with Gasteiger partial charge in [0.05, 0.1) is 43.8 Å². The molecule has 2 heterocycles. The molecule has 4 nitrogen and oxygen atoms in total. The number of aliphatic hydroxyl groups excluding tert-OH is 1. The van der Waals surface area contributed by atoms with E-state index in [2.05, 4.69) is 0 Å². The van der Waals surface area contributed by atoms with Gasteiger partial charge in [0.25, 0.3) is 0 Å². The summed E-state index contributed by atoms with van der Waals surface area (Å²) in [6.45, 7) is 3.99. The zero-order chi connectivity index (χ0) is 13.6. The Hall–Kier alpha value is -0.130. The number of aliphatic hydroxyl groups is 1. The number of sulfone groups is 1. The van der Waals surface area contributed by atoms with Crippen molar-refractivity contribution in [3.8, 4) is 0 Å². The van der Waals surface area contributed by atoms with Crippen LogP contribution in [0.25, 0.3) is 0 Å². The molecule has 0 aromatic carbocycles. The van der Waals surface area contributed by atoms with Crippen LogP contribution in [-0.2, 0) is 9.84 Å². The number of hydrogen-bond donors (Lipinski definition) is 1. The number of nitrogens with zero attached hydrogens (tertiary/aromatic N) is 1. The molecular weight excluding hydrogens is 262 g/mol. The second-order valence-electron chi connectivity index (χ2n) is 7.12. The molecular formula is C14H26NO3S+. The summed E-state index contributed by atoms with van der Waals surface area (Å²) in [6.07, 6.45) is 6.68. The molecule has 3 fully saturated rings. The molecule has 0 radical (unpaired) electrons. The fourth-order valence-electron chi connectivity index (χ4n) is 4.23. The van der Waals surface area contributed by atoms with Gasteiger partial charge < -0.3 is 9.59 Å². The van der Waals surface area contributed by atoms with E-state index in [0.29, 0.717) is 16.9 Å². The van der Waals surface area contributed by atoms with Gasteiger partial charge in [0.15, 0.2) is 9.84 Å². The number of quaternary nitrogens is 1. The highest BCUT2D eigenvalue weighted by atomic mass is 32.2. The molecule has 19 heavy (non-hydrogen) atoms. The molecule has 1 aliphatic carbocycles. The van der Waals surface area contributed by atoms with E-state index in [0.717, 1.165) is 43.5 Å². The van der Waals surface area contributed by atoms with Crippen LogP contribution < -0.4 is 0 Å². The standard InChI is InChI=1S/C14H26NO3S/c16-13-1-3-14(4-2-13)5-7-15(8-6-14)9-11-19(17,18)12-10-15/h13,16H,1-12H2/q+1. The molecule has 2 saturated heterocycles. The minimum absolute atomic E-state index is 0.0733. The molecule has 0 atom stereocenters. The second kappa shape index (κ2) is 4.71. The summed E-state index contributed by atoms with van der Waals surface area (Å²) in [5, 5.41) is 9.65. The maximum absolute atomic E-state index is 11.6. The molecule has 110 valence electrons. The first kappa shape index (κ1) is 13.8. The summed E-state index contributed by atoms with van der Waals surface area (Å²) in [7, 11) is -2.75. The van der Waals surface area contributed by atoms with Crippen LogP contribution in [0.5, 0.6) is 0 Å². The van der Waals surface area contributed by atoms with Gasteiger partial charge >= 0.3 is 0 Å². The Bertz CT molecular complexity index is 412. The SMILES string of the molecule is O=S1(=O)CC[N+]2(CCC3(CCC(O)CC3)CC2)CC1. The predicted octanol–water partition coefficient (Wildman–Crippen LogP) is 0.947. The topological polar surface area (TPSA) is 54.4 Å².